The molecule has 0 aromatic heterocycles. The van der Waals surface area contributed by atoms with Crippen LogP contribution < -0.4 is 10.1 Å². The molecule has 0 radical (unpaired) electrons. The van der Waals surface area contributed by atoms with Gasteiger partial charge in [0.25, 0.3) is 5.91 Å². The minimum absolute atomic E-state index is 0.165. The zero-order chi connectivity index (χ0) is 22.3. The van der Waals surface area contributed by atoms with E-state index in [0.29, 0.717) is 27.8 Å². The van der Waals surface area contributed by atoms with Crippen molar-refractivity contribution in [2.45, 2.75) is 6.42 Å². The van der Waals surface area contributed by atoms with Crippen molar-refractivity contribution < 1.29 is 19.4 Å². The first-order valence-electron chi connectivity index (χ1n) is 8.41. The molecule has 154 valence electrons. The third kappa shape index (κ3) is 6.10. The monoisotopic (exact) mass is 508 g/mol. The van der Waals surface area contributed by atoms with Crippen molar-refractivity contribution in [2.75, 3.05) is 11.9 Å². The third-order valence-corrected chi connectivity index (χ3v) is 5.13. The van der Waals surface area contributed by atoms with E-state index in [9.17, 15) is 14.9 Å². The second-order valence-corrected chi connectivity index (χ2v) is 7.53. The van der Waals surface area contributed by atoms with E-state index in [1.165, 1.54) is 6.08 Å². The minimum atomic E-state index is -1.11. The average Bonchev–Trinajstić information content (AvgIpc) is 2.69. The van der Waals surface area contributed by atoms with Crippen LogP contribution in [0.5, 0.6) is 5.75 Å². The van der Waals surface area contributed by atoms with Crippen LogP contribution in [0.3, 0.4) is 0 Å². The van der Waals surface area contributed by atoms with Crippen molar-refractivity contribution in [2.24, 2.45) is 0 Å². The number of benzene rings is 2. The Kier molecular flexibility index (Phi) is 8.48. The number of hydrogen-bond acceptors (Lipinski definition) is 4. The Hall–Kier alpha value is -2.79. The Bertz CT molecular complexity index is 1080. The molecule has 2 rings (SSSR count). The van der Waals surface area contributed by atoms with Gasteiger partial charge in [-0.15, -0.1) is 6.58 Å². The first-order chi connectivity index (χ1) is 14.3. The molecule has 0 aliphatic rings. The molecule has 2 N–H and O–H groups in total. The summed E-state index contributed by atoms with van der Waals surface area (Å²) in [6, 6.07) is 9.91. The fourth-order valence-electron chi connectivity index (χ4n) is 2.46. The number of nitriles is 1. The second kappa shape index (κ2) is 10.8. The lowest BCUT2D eigenvalue weighted by molar-refractivity contribution is -0.139. The van der Waals surface area contributed by atoms with Crippen LogP contribution in [0.2, 0.25) is 10.0 Å². The van der Waals surface area contributed by atoms with Crippen molar-refractivity contribution in [1.29, 1.82) is 5.26 Å². The summed E-state index contributed by atoms with van der Waals surface area (Å²) in [5, 5.41) is 21.3. The molecule has 0 saturated heterocycles. The number of anilines is 1. The first kappa shape index (κ1) is 23.5. The Morgan fingerprint density at radius 3 is 2.70 bits per heavy atom. The SMILES string of the molecule is C=CCc1cc(/C=C(/C#N)C(=O)Nc2cccc(Cl)c2Cl)cc(Br)c1OCC(=O)O. The lowest BCUT2D eigenvalue weighted by atomic mass is 10.0. The van der Waals surface area contributed by atoms with Crippen molar-refractivity contribution in [3.05, 3.63) is 74.2 Å². The van der Waals surface area contributed by atoms with Gasteiger partial charge in [-0.1, -0.05) is 35.3 Å². The molecule has 0 saturated carbocycles. The van der Waals surface area contributed by atoms with E-state index in [1.54, 1.807) is 36.4 Å². The van der Waals surface area contributed by atoms with Gasteiger partial charge in [-0.05, 0) is 63.8 Å². The fraction of sp³-hybridized carbons (Fsp3) is 0.0952. The fourth-order valence-corrected chi connectivity index (χ4v) is 3.45. The average molecular weight is 510 g/mol. The van der Waals surface area contributed by atoms with E-state index in [1.807, 2.05) is 6.07 Å². The maximum Gasteiger partial charge on any atom is 0.341 e. The molecule has 1 amide bonds. The standard InChI is InChI=1S/C21H15BrCl2N2O4/c1-2-4-13-7-12(9-15(22)20(13)30-11-18(27)28)8-14(10-25)21(29)26-17-6-3-5-16(23)19(17)24/h2-3,5-9H,1,4,11H2,(H,26,29)(H,27,28)/b14-8-. The molecule has 0 bridgehead atoms. The van der Waals surface area contributed by atoms with Gasteiger partial charge < -0.3 is 15.2 Å². The number of aliphatic carboxylic acids is 1. The number of ether oxygens (including phenoxy) is 1. The number of carboxylic acid groups (broad SMARTS) is 1. The number of carbonyl (C=O) groups is 2. The molecule has 30 heavy (non-hydrogen) atoms. The number of allylic oxidation sites excluding steroid dienone is 1. The van der Waals surface area contributed by atoms with Gasteiger partial charge >= 0.3 is 5.97 Å². The number of nitrogens with one attached hydrogen (secondary N) is 1. The smallest absolute Gasteiger partial charge is 0.341 e. The van der Waals surface area contributed by atoms with Gasteiger partial charge in [-0.25, -0.2) is 4.79 Å². The number of nitrogens with zero attached hydrogens (tertiary/aromatic N) is 1. The van der Waals surface area contributed by atoms with Crippen LogP contribution in [0, 0.1) is 11.3 Å². The molecular formula is C21H15BrCl2N2O4. The van der Waals surface area contributed by atoms with Crippen LogP contribution in [0.4, 0.5) is 5.69 Å². The number of halogens is 3. The summed E-state index contributed by atoms with van der Waals surface area (Å²) in [6.07, 6.45) is 3.41. The molecule has 2 aromatic carbocycles. The van der Waals surface area contributed by atoms with E-state index in [2.05, 4.69) is 27.8 Å². The molecule has 2 aromatic rings. The first-order valence-corrected chi connectivity index (χ1v) is 9.96. The van der Waals surface area contributed by atoms with Gasteiger partial charge in [-0.2, -0.15) is 5.26 Å². The summed E-state index contributed by atoms with van der Waals surface area (Å²) in [6.45, 7) is 3.17. The summed E-state index contributed by atoms with van der Waals surface area (Å²) in [4.78, 5) is 23.3. The molecule has 0 fully saturated rings. The van der Waals surface area contributed by atoms with E-state index >= 15 is 0 Å². The number of carbonyl (C=O) groups excluding carboxylic acids is 1. The highest BCUT2D eigenvalue weighted by Crippen LogP contribution is 2.33. The number of rotatable bonds is 8. The normalized spacial score (nSPS) is 10.8. The highest BCUT2D eigenvalue weighted by Gasteiger charge is 2.15. The molecule has 0 unspecified atom stereocenters. The molecule has 0 heterocycles. The van der Waals surface area contributed by atoms with Crippen molar-refractivity contribution in [1.82, 2.24) is 0 Å². The maximum absolute atomic E-state index is 12.5. The highest BCUT2D eigenvalue weighted by molar-refractivity contribution is 9.10. The summed E-state index contributed by atoms with van der Waals surface area (Å²) >= 11 is 15.4. The second-order valence-electron chi connectivity index (χ2n) is 5.89. The van der Waals surface area contributed by atoms with E-state index in [-0.39, 0.29) is 21.3 Å². The Labute approximate surface area is 191 Å². The topological polar surface area (TPSA) is 99.4 Å². The summed E-state index contributed by atoms with van der Waals surface area (Å²) in [5.74, 6) is -1.42. The van der Waals surface area contributed by atoms with E-state index in [0.717, 1.165) is 0 Å². The summed E-state index contributed by atoms with van der Waals surface area (Å²) in [5.41, 5.74) is 1.29. The highest BCUT2D eigenvalue weighted by atomic mass is 79.9. The van der Waals surface area contributed by atoms with E-state index in [4.69, 9.17) is 33.0 Å². The molecule has 0 aliphatic heterocycles. The Morgan fingerprint density at radius 1 is 1.33 bits per heavy atom. The van der Waals surface area contributed by atoms with Crippen LogP contribution in [0.25, 0.3) is 6.08 Å². The molecular weight excluding hydrogens is 495 g/mol. The minimum Gasteiger partial charge on any atom is -0.480 e. The van der Waals surface area contributed by atoms with Gasteiger partial charge in [0.1, 0.15) is 17.4 Å². The van der Waals surface area contributed by atoms with Gasteiger partial charge in [0.15, 0.2) is 6.61 Å². The summed E-state index contributed by atoms with van der Waals surface area (Å²) in [7, 11) is 0. The number of hydrogen-bond donors (Lipinski definition) is 2. The van der Waals surface area contributed by atoms with Gasteiger partial charge in [-0.3, -0.25) is 4.79 Å². The predicted molar refractivity (Wildman–Crippen MR) is 120 cm³/mol. The molecule has 9 heteroatoms. The molecule has 0 spiro atoms. The summed E-state index contributed by atoms with van der Waals surface area (Å²) < 4.78 is 5.81. The molecule has 6 nitrogen and oxygen atoms in total. The Balaban J connectivity index is 2.37. The van der Waals surface area contributed by atoms with Crippen LogP contribution >= 0.6 is 39.1 Å². The van der Waals surface area contributed by atoms with Crippen LogP contribution in [-0.4, -0.2) is 23.6 Å². The maximum atomic E-state index is 12.5. The van der Waals surface area contributed by atoms with Gasteiger partial charge in [0.2, 0.25) is 0 Å². The lowest BCUT2D eigenvalue weighted by Crippen LogP contribution is -2.14. The van der Waals surface area contributed by atoms with Crippen molar-refractivity contribution in [3.63, 3.8) is 0 Å². The lowest BCUT2D eigenvalue weighted by Gasteiger charge is -2.13. The number of amides is 1. The molecule has 0 aliphatic carbocycles. The van der Waals surface area contributed by atoms with E-state index < -0.39 is 18.5 Å². The van der Waals surface area contributed by atoms with Crippen LogP contribution in [-0.2, 0) is 16.0 Å². The zero-order valence-corrected chi connectivity index (χ0v) is 18.5. The van der Waals surface area contributed by atoms with Crippen LogP contribution in [0.1, 0.15) is 11.1 Å². The van der Waals surface area contributed by atoms with Crippen molar-refractivity contribution in [3.8, 4) is 11.8 Å². The number of carboxylic acids is 1. The van der Waals surface area contributed by atoms with Crippen molar-refractivity contribution >= 4 is 62.8 Å². The zero-order valence-electron chi connectivity index (χ0n) is 15.4. The quantitative estimate of drug-likeness (QED) is 0.278. The van der Waals surface area contributed by atoms with Gasteiger partial charge in [0.05, 0.1) is 20.2 Å². The van der Waals surface area contributed by atoms with Gasteiger partial charge in [0, 0.05) is 0 Å². The molecule has 0 atom stereocenters. The Morgan fingerprint density at radius 2 is 2.07 bits per heavy atom. The largest absolute Gasteiger partial charge is 0.480 e. The predicted octanol–water partition coefficient (Wildman–Crippen LogP) is 5.49. The third-order valence-electron chi connectivity index (χ3n) is 3.72. The van der Waals surface area contributed by atoms with Crippen LogP contribution in [0.15, 0.2) is 53.0 Å².